The number of hydrogen-bond donors (Lipinski definition) is 0. The van der Waals surface area contributed by atoms with Crippen molar-refractivity contribution in [2.75, 3.05) is 14.1 Å². The Morgan fingerprint density at radius 1 is 1.19 bits per heavy atom. The van der Waals surface area contributed by atoms with Crippen LogP contribution in [0.25, 0.3) is 0 Å². The van der Waals surface area contributed by atoms with Gasteiger partial charge in [-0.25, -0.2) is 4.99 Å². The van der Waals surface area contributed by atoms with Gasteiger partial charge in [0, 0.05) is 14.1 Å². The molecule has 6 heteroatoms. The van der Waals surface area contributed by atoms with Gasteiger partial charge in [-0.3, -0.25) is 0 Å². The van der Waals surface area contributed by atoms with Crippen LogP contribution in [0.3, 0.4) is 0 Å². The van der Waals surface area contributed by atoms with Crippen molar-refractivity contribution >= 4 is 17.9 Å². The molecule has 0 aliphatic rings. The number of aliphatic imine (C=N–C) groups is 1. The lowest BCUT2D eigenvalue weighted by atomic mass is 10.2. The van der Waals surface area contributed by atoms with E-state index in [9.17, 15) is 0 Å². The van der Waals surface area contributed by atoms with Crippen LogP contribution in [0.2, 0.25) is 0 Å². The maximum atomic E-state index is 8.76. The number of rotatable bonds is 3. The maximum absolute atomic E-state index is 8.76. The minimum absolute atomic E-state index is 0.0298. The molecule has 16 heavy (non-hydrogen) atoms. The van der Waals surface area contributed by atoms with Crippen molar-refractivity contribution in [3.8, 4) is 18.2 Å². The van der Waals surface area contributed by atoms with E-state index >= 15 is 0 Å². The van der Waals surface area contributed by atoms with Crippen LogP contribution in [0.4, 0.5) is 0 Å². The Morgan fingerprint density at radius 2 is 1.75 bits per heavy atom. The summed E-state index contributed by atoms with van der Waals surface area (Å²) in [5.74, 6) is 0. The predicted octanol–water partition coefficient (Wildman–Crippen LogP) is 1.52. The highest BCUT2D eigenvalue weighted by Crippen LogP contribution is 2.13. The third-order valence-corrected chi connectivity index (χ3v) is 1.58. The second kappa shape index (κ2) is 7.06. The van der Waals surface area contributed by atoms with Gasteiger partial charge >= 0.3 is 0 Å². The van der Waals surface area contributed by atoms with E-state index in [1.165, 1.54) is 6.34 Å². The fraction of sp³-hybridized carbons (Fsp3) is 0.200. The molecule has 0 heterocycles. The van der Waals surface area contributed by atoms with Crippen LogP contribution in [0, 0.1) is 34.0 Å². The van der Waals surface area contributed by atoms with Crippen LogP contribution < -0.4 is 0 Å². The molecule has 0 saturated heterocycles. The van der Waals surface area contributed by atoms with Gasteiger partial charge in [-0.05, 0) is 6.08 Å². The third-order valence-electron chi connectivity index (χ3n) is 1.27. The Bertz CT molecular complexity index is 449. The zero-order valence-electron chi connectivity index (χ0n) is 8.77. The second-order valence-electron chi connectivity index (χ2n) is 2.81. The van der Waals surface area contributed by atoms with E-state index in [0.717, 1.165) is 6.08 Å². The highest BCUT2D eigenvalue weighted by atomic mass is 35.5. The largest absolute Gasteiger partial charge is 0.369 e. The highest BCUT2D eigenvalue weighted by Gasteiger charge is 2.02. The van der Waals surface area contributed by atoms with Gasteiger partial charge in [0.05, 0.1) is 11.9 Å². The van der Waals surface area contributed by atoms with Gasteiger partial charge in [0.25, 0.3) is 0 Å². The molecular formula is C10H8ClN5. The van der Waals surface area contributed by atoms with Crippen LogP contribution in [-0.4, -0.2) is 25.3 Å². The van der Waals surface area contributed by atoms with E-state index in [1.54, 1.807) is 37.2 Å². The summed E-state index contributed by atoms with van der Waals surface area (Å²) in [7, 11) is 3.48. The first-order valence-electron chi connectivity index (χ1n) is 4.07. The Labute approximate surface area is 98.8 Å². The summed E-state index contributed by atoms with van der Waals surface area (Å²) in [6, 6.07) is 5.02. The van der Waals surface area contributed by atoms with Crippen molar-refractivity contribution in [3.63, 3.8) is 0 Å². The molecule has 80 valence electrons. The molecule has 0 aromatic rings. The molecule has 0 aliphatic carbocycles. The van der Waals surface area contributed by atoms with Gasteiger partial charge in [-0.15, -0.1) is 0 Å². The molecule has 0 spiro atoms. The molecule has 0 fully saturated rings. The Morgan fingerprint density at radius 3 is 2.12 bits per heavy atom. The van der Waals surface area contributed by atoms with E-state index in [4.69, 9.17) is 27.4 Å². The van der Waals surface area contributed by atoms with E-state index < -0.39 is 0 Å². The van der Waals surface area contributed by atoms with Gasteiger partial charge in [0.1, 0.15) is 28.9 Å². The third kappa shape index (κ3) is 4.81. The molecule has 0 atom stereocenters. The quantitative estimate of drug-likeness (QED) is 0.243. The van der Waals surface area contributed by atoms with Gasteiger partial charge in [0.15, 0.2) is 0 Å². The fourth-order valence-corrected chi connectivity index (χ4v) is 0.748. The van der Waals surface area contributed by atoms with E-state index in [2.05, 4.69) is 4.99 Å². The molecule has 5 nitrogen and oxygen atoms in total. The second-order valence-corrected chi connectivity index (χ2v) is 3.16. The molecule has 0 rings (SSSR count). The minimum atomic E-state index is -0.199. The van der Waals surface area contributed by atoms with Crippen LogP contribution in [-0.2, 0) is 0 Å². The topological polar surface area (TPSA) is 87.0 Å². The molecule has 0 N–H and O–H groups in total. The molecule has 0 saturated carbocycles. The summed E-state index contributed by atoms with van der Waals surface area (Å²) < 4.78 is 0. The Balaban J connectivity index is 5.25. The van der Waals surface area contributed by atoms with Gasteiger partial charge in [-0.2, -0.15) is 15.8 Å². The molecule has 0 bridgehead atoms. The van der Waals surface area contributed by atoms with Gasteiger partial charge < -0.3 is 4.90 Å². The van der Waals surface area contributed by atoms with Crippen molar-refractivity contribution in [2.45, 2.75) is 0 Å². The average Bonchev–Trinajstić information content (AvgIpc) is 2.27. The molecule has 0 unspecified atom stereocenters. The molecule has 0 amide bonds. The van der Waals surface area contributed by atoms with Crippen LogP contribution in [0.5, 0.6) is 0 Å². The lowest BCUT2D eigenvalue weighted by Crippen LogP contribution is -2.07. The summed E-state index contributed by atoms with van der Waals surface area (Å²) in [5.41, 5.74) is -0.229. The number of hydrogen-bond acceptors (Lipinski definition) is 4. The molecule has 0 aliphatic heterocycles. The summed E-state index contributed by atoms with van der Waals surface area (Å²) in [6.45, 7) is 0. The smallest absolute Gasteiger partial charge is 0.148 e. The minimum Gasteiger partial charge on any atom is -0.369 e. The summed E-state index contributed by atoms with van der Waals surface area (Å²) in [4.78, 5) is 5.41. The number of nitriles is 3. The molecule has 0 aromatic carbocycles. The highest BCUT2D eigenvalue weighted by molar-refractivity contribution is 6.30. The first-order valence-corrected chi connectivity index (χ1v) is 4.45. The SMILES string of the molecule is CN(C)/C=N/C(Cl)=C(/C#N)C=C(C#N)C#N. The lowest BCUT2D eigenvalue weighted by Gasteiger charge is -2.01. The number of nitrogens with zero attached hydrogens (tertiary/aromatic N) is 5. The van der Waals surface area contributed by atoms with Gasteiger partial charge in [0.2, 0.25) is 0 Å². The monoisotopic (exact) mass is 233 g/mol. The summed E-state index contributed by atoms with van der Waals surface area (Å²) in [5, 5.41) is 25.7. The number of allylic oxidation sites excluding steroid dienone is 3. The standard InChI is InChI=1S/C10H8ClN5/c1-16(2)7-15-10(11)9(6-14)3-8(4-12)5-13/h3,7H,1-2H3/b10-9+,15-7+. The fourth-order valence-electron chi connectivity index (χ4n) is 0.608. The van der Waals surface area contributed by atoms with Crippen molar-refractivity contribution in [3.05, 3.63) is 22.4 Å². The van der Waals surface area contributed by atoms with E-state index in [1.807, 2.05) is 0 Å². The molecule has 0 aromatic heterocycles. The average molecular weight is 234 g/mol. The first-order chi connectivity index (χ1) is 7.54. The van der Waals surface area contributed by atoms with E-state index in [0.29, 0.717) is 0 Å². The first kappa shape index (κ1) is 13.7. The zero-order chi connectivity index (χ0) is 12.6. The van der Waals surface area contributed by atoms with Crippen molar-refractivity contribution < 1.29 is 0 Å². The number of halogens is 1. The normalized spacial score (nSPS) is 10.8. The maximum Gasteiger partial charge on any atom is 0.148 e. The lowest BCUT2D eigenvalue weighted by molar-refractivity contribution is 0.642. The predicted molar refractivity (Wildman–Crippen MR) is 60.0 cm³/mol. The zero-order valence-corrected chi connectivity index (χ0v) is 9.52. The van der Waals surface area contributed by atoms with Crippen LogP contribution in [0.1, 0.15) is 0 Å². The Hall–Kier alpha value is -2.29. The van der Waals surface area contributed by atoms with Crippen molar-refractivity contribution in [1.29, 1.82) is 15.8 Å². The molecule has 0 radical (unpaired) electrons. The summed E-state index contributed by atoms with van der Waals surface area (Å²) in [6.07, 6.45) is 2.50. The molecular weight excluding hydrogens is 226 g/mol. The Kier molecular flexibility index (Phi) is 6.05. The van der Waals surface area contributed by atoms with Crippen molar-refractivity contribution in [1.82, 2.24) is 4.90 Å². The van der Waals surface area contributed by atoms with Crippen LogP contribution >= 0.6 is 11.6 Å². The van der Waals surface area contributed by atoms with Crippen LogP contribution in [0.15, 0.2) is 27.4 Å². The van der Waals surface area contributed by atoms with Crippen molar-refractivity contribution in [2.24, 2.45) is 4.99 Å². The van der Waals surface area contributed by atoms with Gasteiger partial charge in [-0.1, -0.05) is 11.6 Å². The van der Waals surface area contributed by atoms with E-state index in [-0.39, 0.29) is 16.3 Å². The summed E-state index contributed by atoms with van der Waals surface area (Å²) >= 11 is 5.72.